The summed E-state index contributed by atoms with van der Waals surface area (Å²) >= 11 is 0. The average Bonchev–Trinajstić information content (AvgIpc) is 3.31. The highest BCUT2D eigenvalue weighted by Gasteiger charge is 2.39. The van der Waals surface area contributed by atoms with Crippen LogP contribution in [-0.2, 0) is 20.6 Å². The molecular formula is C22H19F9N4O5. The van der Waals surface area contributed by atoms with Crippen molar-refractivity contribution in [2.75, 3.05) is 18.0 Å². The molecule has 1 unspecified atom stereocenters. The summed E-state index contributed by atoms with van der Waals surface area (Å²) in [5.74, 6) is -5.28. The van der Waals surface area contributed by atoms with Crippen molar-refractivity contribution in [3.63, 3.8) is 0 Å². The zero-order chi connectivity index (χ0) is 30.7. The fraction of sp³-hybridized carbons (Fsp3) is 0.318. The Morgan fingerprint density at radius 3 is 1.90 bits per heavy atom. The molecule has 1 atom stereocenters. The molecule has 0 bridgehead atoms. The molecule has 0 aromatic carbocycles. The maximum atomic E-state index is 12.6. The maximum absolute atomic E-state index is 12.6. The van der Waals surface area contributed by atoms with E-state index in [1.165, 1.54) is 12.1 Å². The number of hydrogen-bond donors (Lipinski definition) is 3. The third kappa shape index (κ3) is 12.4. The minimum absolute atomic E-state index is 0.0834. The molecule has 9 nitrogen and oxygen atoms in total. The second kappa shape index (κ2) is 14.1. The molecule has 40 heavy (non-hydrogen) atoms. The van der Waals surface area contributed by atoms with E-state index in [0.717, 1.165) is 12.3 Å². The molecule has 2 aromatic rings. The Bertz CT molecular complexity index is 1130. The number of aromatic nitrogens is 2. The lowest BCUT2D eigenvalue weighted by Gasteiger charge is -2.18. The number of halogens is 9. The normalized spacial score (nSPS) is 15.4. The molecule has 1 aliphatic heterocycles. The van der Waals surface area contributed by atoms with Crippen molar-refractivity contribution in [3.05, 3.63) is 60.1 Å². The molecule has 0 radical (unpaired) electrons. The van der Waals surface area contributed by atoms with Gasteiger partial charge >= 0.3 is 30.5 Å². The van der Waals surface area contributed by atoms with Crippen LogP contribution in [0.4, 0.5) is 45.3 Å². The lowest BCUT2D eigenvalue weighted by Crippen LogP contribution is -2.36. The number of pyridine rings is 2. The van der Waals surface area contributed by atoms with E-state index in [-0.39, 0.29) is 11.9 Å². The number of alkyl halides is 9. The predicted molar refractivity (Wildman–Crippen MR) is 119 cm³/mol. The molecule has 1 amide bonds. The number of nitrogens with zero attached hydrogens (tertiary/aromatic N) is 3. The van der Waals surface area contributed by atoms with Gasteiger partial charge in [0.2, 0.25) is 5.91 Å². The van der Waals surface area contributed by atoms with Crippen molar-refractivity contribution in [1.82, 2.24) is 15.3 Å². The first-order valence-electron chi connectivity index (χ1n) is 10.6. The van der Waals surface area contributed by atoms with Crippen molar-refractivity contribution < 1.29 is 64.1 Å². The molecule has 3 N–H and O–H groups in total. The third-order valence-corrected chi connectivity index (χ3v) is 4.51. The number of hydrogen-bond acceptors (Lipinski definition) is 6. The van der Waals surface area contributed by atoms with E-state index in [0.29, 0.717) is 31.0 Å². The Balaban J connectivity index is 0.000000473. The molecule has 18 heteroatoms. The van der Waals surface area contributed by atoms with Crippen LogP contribution in [0.5, 0.6) is 0 Å². The van der Waals surface area contributed by atoms with Crippen LogP contribution in [0.3, 0.4) is 0 Å². The average molecular weight is 590 g/mol. The van der Waals surface area contributed by atoms with Gasteiger partial charge in [-0.3, -0.25) is 9.78 Å². The van der Waals surface area contributed by atoms with Crippen molar-refractivity contribution in [3.8, 4) is 0 Å². The minimum Gasteiger partial charge on any atom is -0.475 e. The van der Waals surface area contributed by atoms with Crippen LogP contribution in [-0.4, -0.2) is 69.5 Å². The summed E-state index contributed by atoms with van der Waals surface area (Å²) in [5.41, 5.74) is -0.0883. The SMILES string of the molecule is O=C(/C=C/c1ccccn1)NC1CCN(c2ccc(C(F)(F)F)cn2)C1.O=C(O)C(F)(F)F.O=C(O)C(F)(F)F. The number of amides is 1. The summed E-state index contributed by atoms with van der Waals surface area (Å²) in [6, 6.07) is 7.70. The highest BCUT2D eigenvalue weighted by molar-refractivity contribution is 5.91. The Labute approximate surface area is 218 Å². The first-order valence-corrected chi connectivity index (χ1v) is 10.6. The van der Waals surface area contributed by atoms with E-state index in [9.17, 15) is 44.3 Å². The zero-order valence-corrected chi connectivity index (χ0v) is 19.8. The lowest BCUT2D eigenvalue weighted by atomic mass is 10.2. The molecule has 2 aromatic heterocycles. The van der Waals surface area contributed by atoms with Crippen molar-refractivity contribution in [2.24, 2.45) is 0 Å². The van der Waals surface area contributed by atoms with Crippen molar-refractivity contribution in [2.45, 2.75) is 31.0 Å². The number of carbonyl (C=O) groups excluding carboxylic acids is 1. The highest BCUT2D eigenvalue weighted by Crippen LogP contribution is 2.30. The maximum Gasteiger partial charge on any atom is 0.490 e. The van der Waals surface area contributed by atoms with E-state index in [4.69, 9.17) is 19.8 Å². The number of rotatable bonds is 4. The Kier molecular flexibility index (Phi) is 11.9. The molecule has 0 saturated carbocycles. The van der Waals surface area contributed by atoms with Gasteiger partial charge in [0.15, 0.2) is 0 Å². The smallest absolute Gasteiger partial charge is 0.475 e. The lowest BCUT2D eigenvalue weighted by molar-refractivity contribution is -0.193. The van der Waals surface area contributed by atoms with Gasteiger partial charge in [-0.05, 0) is 36.8 Å². The van der Waals surface area contributed by atoms with Crippen LogP contribution < -0.4 is 10.2 Å². The molecule has 220 valence electrons. The first kappa shape index (κ1) is 33.6. The number of anilines is 1. The van der Waals surface area contributed by atoms with Gasteiger partial charge in [-0.25, -0.2) is 14.6 Å². The van der Waals surface area contributed by atoms with E-state index < -0.39 is 36.0 Å². The monoisotopic (exact) mass is 590 g/mol. The zero-order valence-electron chi connectivity index (χ0n) is 19.8. The van der Waals surface area contributed by atoms with Gasteiger partial charge < -0.3 is 20.4 Å². The molecule has 1 aliphatic rings. The van der Waals surface area contributed by atoms with Crippen molar-refractivity contribution in [1.29, 1.82) is 0 Å². The van der Waals surface area contributed by atoms with Gasteiger partial charge in [0.25, 0.3) is 0 Å². The molecule has 0 spiro atoms. The van der Waals surface area contributed by atoms with E-state index >= 15 is 0 Å². The Morgan fingerprint density at radius 1 is 0.900 bits per heavy atom. The molecule has 3 rings (SSSR count). The van der Waals surface area contributed by atoms with Gasteiger partial charge in [0, 0.05) is 37.6 Å². The van der Waals surface area contributed by atoms with E-state index in [1.54, 1.807) is 24.4 Å². The number of carbonyl (C=O) groups is 3. The third-order valence-electron chi connectivity index (χ3n) is 4.51. The summed E-state index contributed by atoms with van der Waals surface area (Å²) in [6.07, 6.45) is -8.35. The molecule has 0 aliphatic carbocycles. The van der Waals surface area contributed by atoms with Gasteiger partial charge in [-0.15, -0.1) is 0 Å². The Morgan fingerprint density at radius 2 is 1.48 bits per heavy atom. The fourth-order valence-electron chi connectivity index (χ4n) is 2.71. The summed E-state index contributed by atoms with van der Waals surface area (Å²) in [6.45, 7) is 1.12. The van der Waals surface area contributed by atoms with Crippen LogP contribution in [0.15, 0.2) is 48.8 Å². The van der Waals surface area contributed by atoms with Gasteiger partial charge in [0.05, 0.1) is 11.3 Å². The summed E-state index contributed by atoms with van der Waals surface area (Å²) in [5, 5.41) is 17.1. The van der Waals surface area contributed by atoms with Crippen LogP contribution >= 0.6 is 0 Å². The standard InChI is InChI=1S/C18H17F3N4O.2C2HF3O2/c19-18(20,21)13-4-6-16(23-11-13)25-10-8-15(12-25)24-17(26)7-5-14-3-1-2-9-22-14;2*3-2(4,5)1(6)7/h1-7,9,11,15H,8,10,12H2,(H,24,26);2*(H,6,7)/b7-5+;;. The first-order chi connectivity index (χ1) is 18.3. The number of aliphatic carboxylic acids is 2. The molecule has 1 saturated heterocycles. The molecule has 3 heterocycles. The predicted octanol–water partition coefficient (Wildman–Crippen LogP) is 4.17. The largest absolute Gasteiger partial charge is 0.490 e. The topological polar surface area (TPSA) is 133 Å². The second-order valence-electron chi connectivity index (χ2n) is 7.54. The van der Waals surface area contributed by atoms with Crippen LogP contribution in [0.25, 0.3) is 6.08 Å². The van der Waals surface area contributed by atoms with Crippen LogP contribution in [0.2, 0.25) is 0 Å². The summed E-state index contributed by atoms with van der Waals surface area (Å²) in [4.78, 5) is 39.6. The molecular weight excluding hydrogens is 571 g/mol. The van der Waals surface area contributed by atoms with Gasteiger partial charge in [-0.2, -0.15) is 39.5 Å². The Hall–Kier alpha value is -4.38. The quantitative estimate of drug-likeness (QED) is 0.357. The fourth-order valence-corrected chi connectivity index (χ4v) is 2.71. The van der Waals surface area contributed by atoms with Crippen molar-refractivity contribution >= 4 is 29.7 Å². The summed E-state index contributed by atoms with van der Waals surface area (Å²) < 4.78 is 101. The highest BCUT2D eigenvalue weighted by atomic mass is 19.4. The molecule has 1 fully saturated rings. The van der Waals surface area contributed by atoms with Gasteiger partial charge in [-0.1, -0.05) is 6.07 Å². The second-order valence-corrected chi connectivity index (χ2v) is 7.54. The number of carboxylic acid groups (broad SMARTS) is 2. The summed E-state index contributed by atoms with van der Waals surface area (Å²) in [7, 11) is 0. The van der Waals surface area contributed by atoms with Gasteiger partial charge in [0.1, 0.15) is 5.82 Å². The number of nitrogens with one attached hydrogen (secondary N) is 1. The van der Waals surface area contributed by atoms with Crippen LogP contribution in [0, 0.1) is 0 Å². The van der Waals surface area contributed by atoms with E-state index in [1.807, 2.05) is 11.0 Å². The van der Waals surface area contributed by atoms with Crippen LogP contribution in [0.1, 0.15) is 17.7 Å². The number of carboxylic acids is 2. The minimum atomic E-state index is -5.08. The van der Waals surface area contributed by atoms with E-state index in [2.05, 4.69) is 15.3 Å².